The van der Waals surface area contributed by atoms with Crippen molar-refractivity contribution >= 4 is 27.3 Å². The zero-order valence-corrected chi connectivity index (χ0v) is 21.9. The van der Waals surface area contributed by atoms with E-state index in [9.17, 15) is 13.2 Å². The Labute approximate surface area is 206 Å². The smallest absolute Gasteiger partial charge is 0.268 e. The van der Waals surface area contributed by atoms with E-state index in [1.807, 2.05) is 12.1 Å². The number of carbonyl (C=O) groups is 1. The van der Waals surface area contributed by atoms with Crippen molar-refractivity contribution in [2.45, 2.75) is 38.5 Å². The van der Waals surface area contributed by atoms with Crippen molar-refractivity contribution in [3.05, 3.63) is 59.4 Å². The number of carbonyl (C=O) groups excluding carboxylic acids is 1. The van der Waals surface area contributed by atoms with E-state index >= 15 is 0 Å². The van der Waals surface area contributed by atoms with E-state index in [2.05, 4.69) is 24.3 Å². The third-order valence-corrected chi connectivity index (χ3v) is 7.79. The van der Waals surface area contributed by atoms with Crippen molar-refractivity contribution in [1.29, 1.82) is 0 Å². The van der Waals surface area contributed by atoms with Gasteiger partial charge in [-0.3, -0.25) is 13.8 Å². The minimum absolute atomic E-state index is 0.0868. The van der Waals surface area contributed by atoms with Crippen molar-refractivity contribution in [3.8, 4) is 11.5 Å². The van der Waals surface area contributed by atoms with Gasteiger partial charge in [0.15, 0.2) is 0 Å². The molecule has 0 unspecified atom stereocenters. The predicted molar refractivity (Wildman–Crippen MR) is 136 cm³/mol. The van der Waals surface area contributed by atoms with Gasteiger partial charge in [0.05, 0.1) is 31.3 Å². The minimum Gasteiger partial charge on any atom is -0.497 e. The van der Waals surface area contributed by atoms with Crippen LogP contribution in [0.1, 0.15) is 36.7 Å². The third kappa shape index (κ3) is 5.59. The van der Waals surface area contributed by atoms with Gasteiger partial charge >= 0.3 is 0 Å². The van der Waals surface area contributed by atoms with Gasteiger partial charge in [0.1, 0.15) is 22.9 Å². The summed E-state index contributed by atoms with van der Waals surface area (Å²) in [6, 6.07) is 12.1. The number of hydrogen-bond donors (Lipinski definition) is 1. The maximum atomic E-state index is 13.8. The molecular weight excluding hydrogens is 468 g/mol. The molecule has 0 fully saturated rings. The monoisotopic (exact) mass is 500 g/mol. The Hall–Kier alpha value is -3.53. The molecule has 0 aliphatic carbocycles. The van der Waals surface area contributed by atoms with Gasteiger partial charge in [0.2, 0.25) is 5.91 Å². The largest absolute Gasteiger partial charge is 0.497 e. The number of aromatic nitrogens is 2. The van der Waals surface area contributed by atoms with Crippen molar-refractivity contribution in [1.82, 2.24) is 9.78 Å². The van der Waals surface area contributed by atoms with E-state index < -0.39 is 22.5 Å². The van der Waals surface area contributed by atoms with Crippen LogP contribution in [0.25, 0.3) is 0 Å². The molecule has 3 rings (SSSR count). The quantitative estimate of drug-likeness (QED) is 0.476. The Morgan fingerprint density at radius 2 is 1.63 bits per heavy atom. The summed E-state index contributed by atoms with van der Waals surface area (Å²) in [4.78, 5) is 13.2. The highest BCUT2D eigenvalue weighted by atomic mass is 32.2. The topological polar surface area (TPSA) is 103 Å². The van der Waals surface area contributed by atoms with Gasteiger partial charge in [-0.2, -0.15) is 5.10 Å². The molecule has 35 heavy (non-hydrogen) atoms. The van der Waals surface area contributed by atoms with E-state index in [-0.39, 0.29) is 10.8 Å². The first-order chi connectivity index (χ1) is 16.5. The lowest BCUT2D eigenvalue weighted by Crippen LogP contribution is -2.38. The molecule has 0 atom stereocenters. The summed E-state index contributed by atoms with van der Waals surface area (Å²) in [6.45, 7) is 7.01. The summed E-state index contributed by atoms with van der Waals surface area (Å²) in [5, 5.41) is 7.01. The second-order valence-corrected chi connectivity index (χ2v) is 10.3. The highest BCUT2D eigenvalue weighted by Gasteiger charge is 2.32. The number of nitrogens with one attached hydrogen (secondary N) is 1. The lowest BCUT2D eigenvalue weighted by molar-refractivity contribution is -0.114. The number of amides is 1. The van der Waals surface area contributed by atoms with Crippen molar-refractivity contribution < 1.29 is 22.7 Å². The van der Waals surface area contributed by atoms with Crippen LogP contribution in [-0.4, -0.2) is 44.9 Å². The molecule has 1 N–H and O–H groups in total. The van der Waals surface area contributed by atoms with Gasteiger partial charge in [-0.25, -0.2) is 8.42 Å². The second-order valence-electron chi connectivity index (χ2n) is 8.53. The third-order valence-electron chi connectivity index (χ3n) is 5.76. The molecule has 3 aromatic rings. The maximum absolute atomic E-state index is 13.8. The molecule has 0 saturated heterocycles. The fourth-order valence-electron chi connectivity index (χ4n) is 3.79. The predicted octanol–water partition coefficient (Wildman–Crippen LogP) is 4.01. The summed E-state index contributed by atoms with van der Waals surface area (Å²) >= 11 is 0. The average Bonchev–Trinajstić information content (AvgIpc) is 3.08. The number of sulfonamides is 1. The molecule has 1 heterocycles. The Morgan fingerprint density at radius 3 is 2.09 bits per heavy atom. The Balaban J connectivity index is 2.01. The molecule has 0 saturated carbocycles. The van der Waals surface area contributed by atoms with Crippen LogP contribution >= 0.6 is 0 Å². The van der Waals surface area contributed by atoms with E-state index in [1.54, 1.807) is 51.2 Å². The average molecular weight is 501 g/mol. The number of ether oxygens (including phenoxy) is 2. The number of benzene rings is 2. The SMILES string of the molecule is COc1cc(NC(=O)CN(c2ccc(C(C)C)cc2)S(=O)(=O)c2c(C)nn(C)c2C)cc(OC)c1. The summed E-state index contributed by atoms with van der Waals surface area (Å²) < 4.78 is 40.8. The summed E-state index contributed by atoms with van der Waals surface area (Å²) in [6.07, 6.45) is 0. The number of methoxy groups -OCH3 is 2. The van der Waals surface area contributed by atoms with Gasteiger partial charge < -0.3 is 14.8 Å². The second kappa shape index (κ2) is 10.4. The van der Waals surface area contributed by atoms with Gasteiger partial charge in [-0.05, 0) is 37.5 Å². The standard InChI is InChI=1S/C25H32N4O5S/c1-16(2)19-8-10-21(11-9-19)29(35(31,32)25-17(3)27-28(5)18(25)4)15-24(30)26-20-12-22(33-6)14-23(13-20)34-7/h8-14,16H,15H2,1-7H3,(H,26,30). The molecule has 188 valence electrons. The Morgan fingerprint density at radius 1 is 1.06 bits per heavy atom. The van der Waals surface area contributed by atoms with Crippen LogP contribution < -0.4 is 19.1 Å². The normalized spacial score (nSPS) is 11.4. The molecule has 2 aromatic carbocycles. The van der Waals surface area contributed by atoms with Crippen LogP contribution in [0.4, 0.5) is 11.4 Å². The van der Waals surface area contributed by atoms with Gasteiger partial charge in [-0.15, -0.1) is 0 Å². The van der Waals surface area contributed by atoms with E-state index in [0.29, 0.717) is 34.3 Å². The zero-order chi connectivity index (χ0) is 25.9. The molecular formula is C25H32N4O5S. The minimum atomic E-state index is -4.10. The van der Waals surface area contributed by atoms with Crippen molar-refractivity contribution in [2.24, 2.45) is 7.05 Å². The van der Waals surface area contributed by atoms with Crippen LogP contribution in [0.2, 0.25) is 0 Å². The molecule has 0 aliphatic rings. The van der Waals surface area contributed by atoms with Gasteiger partial charge in [-0.1, -0.05) is 26.0 Å². The van der Waals surface area contributed by atoms with E-state index in [1.165, 1.54) is 18.9 Å². The van der Waals surface area contributed by atoms with Crippen LogP contribution in [0, 0.1) is 13.8 Å². The van der Waals surface area contributed by atoms with Gasteiger partial charge in [0.25, 0.3) is 10.0 Å². The number of hydrogen-bond acceptors (Lipinski definition) is 6. The first-order valence-corrected chi connectivity index (χ1v) is 12.6. The lowest BCUT2D eigenvalue weighted by Gasteiger charge is -2.25. The molecule has 0 radical (unpaired) electrons. The molecule has 10 heteroatoms. The summed E-state index contributed by atoms with van der Waals surface area (Å²) in [5.74, 6) is 0.754. The van der Waals surface area contributed by atoms with E-state index in [4.69, 9.17) is 9.47 Å². The molecule has 1 aromatic heterocycles. The lowest BCUT2D eigenvalue weighted by atomic mass is 10.0. The highest BCUT2D eigenvalue weighted by Crippen LogP contribution is 2.30. The molecule has 0 bridgehead atoms. The molecule has 0 spiro atoms. The van der Waals surface area contributed by atoms with Crippen LogP contribution in [0.3, 0.4) is 0 Å². The first kappa shape index (κ1) is 26.1. The number of rotatable bonds is 9. The first-order valence-electron chi connectivity index (χ1n) is 11.1. The van der Waals surface area contributed by atoms with Crippen molar-refractivity contribution in [3.63, 3.8) is 0 Å². The van der Waals surface area contributed by atoms with Crippen molar-refractivity contribution in [2.75, 3.05) is 30.4 Å². The van der Waals surface area contributed by atoms with Crippen LogP contribution in [0.15, 0.2) is 47.4 Å². The molecule has 0 aliphatic heterocycles. The molecule has 1 amide bonds. The van der Waals surface area contributed by atoms with Crippen LogP contribution in [0.5, 0.6) is 11.5 Å². The molecule has 9 nitrogen and oxygen atoms in total. The highest BCUT2D eigenvalue weighted by molar-refractivity contribution is 7.93. The number of anilines is 2. The Bertz CT molecular complexity index is 1290. The summed E-state index contributed by atoms with van der Waals surface area (Å²) in [5.41, 5.74) is 2.73. The fraction of sp³-hybridized carbons (Fsp3) is 0.360. The maximum Gasteiger partial charge on any atom is 0.268 e. The van der Waals surface area contributed by atoms with Gasteiger partial charge in [0, 0.05) is 30.9 Å². The zero-order valence-electron chi connectivity index (χ0n) is 21.1. The number of aryl methyl sites for hydroxylation is 2. The van der Waals surface area contributed by atoms with Crippen LogP contribution in [-0.2, 0) is 21.9 Å². The number of nitrogens with zero attached hydrogens (tertiary/aromatic N) is 3. The summed E-state index contributed by atoms with van der Waals surface area (Å²) in [7, 11) is 0.602. The van der Waals surface area contributed by atoms with E-state index in [0.717, 1.165) is 9.87 Å². The Kier molecular flexibility index (Phi) is 7.74. The fourth-order valence-corrected chi connectivity index (χ4v) is 5.62.